The van der Waals surface area contributed by atoms with Crippen LogP contribution in [-0.4, -0.2) is 42.1 Å². The van der Waals surface area contributed by atoms with Gasteiger partial charge in [0.1, 0.15) is 5.82 Å². The first kappa shape index (κ1) is 19.7. The Balaban J connectivity index is 1.41. The Bertz CT molecular complexity index is 529. The number of piperidine rings is 2. The zero-order valence-corrected chi connectivity index (χ0v) is 17.5. The number of likely N-dealkylation sites (tertiary alicyclic amines) is 1. The Labute approximate surface area is 161 Å². The van der Waals surface area contributed by atoms with Gasteiger partial charge in [-0.25, -0.2) is 4.98 Å². The molecule has 1 aromatic rings. The van der Waals surface area contributed by atoms with Crippen molar-refractivity contribution in [1.29, 1.82) is 0 Å². The Kier molecular flexibility index (Phi) is 6.97. The van der Waals surface area contributed by atoms with Crippen LogP contribution in [0.2, 0.25) is 0 Å². The highest BCUT2D eigenvalue weighted by Gasteiger charge is 2.24. The minimum absolute atomic E-state index is 0.564. The van der Waals surface area contributed by atoms with E-state index >= 15 is 0 Å². The molecule has 3 rings (SSSR count). The zero-order valence-electron chi connectivity index (χ0n) is 17.5. The number of nitrogens with zero attached hydrogens (tertiary/aromatic N) is 3. The third-order valence-corrected chi connectivity index (χ3v) is 6.64. The summed E-state index contributed by atoms with van der Waals surface area (Å²) in [7, 11) is 0. The molecule has 0 aliphatic carbocycles. The van der Waals surface area contributed by atoms with Gasteiger partial charge < -0.3 is 9.80 Å². The molecule has 146 valence electrons. The number of anilines is 1. The highest BCUT2D eigenvalue weighted by Crippen LogP contribution is 2.29. The topological polar surface area (TPSA) is 19.4 Å². The maximum atomic E-state index is 4.71. The van der Waals surface area contributed by atoms with Gasteiger partial charge in [-0.05, 0) is 81.9 Å². The van der Waals surface area contributed by atoms with E-state index in [1.54, 1.807) is 0 Å². The lowest BCUT2D eigenvalue weighted by Gasteiger charge is -2.37. The van der Waals surface area contributed by atoms with E-state index in [1.165, 1.54) is 76.1 Å². The predicted octanol–water partition coefficient (Wildman–Crippen LogP) is 5.32. The maximum Gasteiger partial charge on any atom is 0.128 e. The molecule has 0 amide bonds. The van der Waals surface area contributed by atoms with Gasteiger partial charge in [0, 0.05) is 31.9 Å². The van der Waals surface area contributed by atoms with E-state index in [0.717, 1.165) is 17.9 Å². The molecule has 26 heavy (non-hydrogen) atoms. The number of hydrogen-bond donors (Lipinski definition) is 0. The summed E-state index contributed by atoms with van der Waals surface area (Å²) in [5.41, 5.74) is 1.34. The summed E-state index contributed by atoms with van der Waals surface area (Å²) in [5.74, 6) is 3.60. The molecule has 3 heterocycles. The second-order valence-corrected chi connectivity index (χ2v) is 9.21. The van der Waals surface area contributed by atoms with E-state index in [9.17, 15) is 0 Å². The normalized spacial score (nSPS) is 23.2. The molecule has 0 bridgehead atoms. The molecule has 2 aliphatic heterocycles. The van der Waals surface area contributed by atoms with Crippen molar-refractivity contribution in [3.63, 3.8) is 0 Å². The SMILES string of the molecule is CC(C)c1ccc(N2CCC(CC[C@H]3CCCN(C(C)C)C3)CC2)nc1. The van der Waals surface area contributed by atoms with Gasteiger partial charge >= 0.3 is 0 Å². The smallest absolute Gasteiger partial charge is 0.128 e. The van der Waals surface area contributed by atoms with Gasteiger partial charge in [0.25, 0.3) is 0 Å². The van der Waals surface area contributed by atoms with Gasteiger partial charge in [0.05, 0.1) is 0 Å². The van der Waals surface area contributed by atoms with Crippen LogP contribution in [0.1, 0.15) is 77.7 Å². The fourth-order valence-electron chi connectivity index (χ4n) is 4.65. The highest BCUT2D eigenvalue weighted by atomic mass is 15.2. The van der Waals surface area contributed by atoms with Crippen molar-refractivity contribution in [1.82, 2.24) is 9.88 Å². The molecular formula is C23H39N3. The quantitative estimate of drug-likeness (QED) is 0.686. The van der Waals surface area contributed by atoms with Crippen molar-refractivity contribution in [2.75, 3.05) is 31.1 Å². The van der Waals surface area contributed by atoms with Gasteiger partial charge in [0.15, 0.2) is 0 Å². The molecule has 3 nitrogen and oxygen atoms in total. The van der Waals surface area contributed by atoms with Crippen molar-refractivity contribution in [3.8, 4) is 0 Å². The molecule has 0 aromatic carbocycles. The van der Waals surface area contributed by atoms with Gasteiger partial charge in [0.2, 0.25) is 0 Å². The van der Waals surface area contributed by atoms with Crippen LogP contribution in [0.3, 0.4) is 0 Å². The fourth-order valence-corrected chi connectivity index (χ4v) is 4.65. The van der Waals surface area contributed by atoms with E-state index in [2.05, 4.69) is 55.8 Å². The molecular weight excluding hydrogens is 318 g/mol. The van der Waals surface area contributed by atoms with Crippen molar-refractivity contribution in [3.05, 3.63) is 23.9 Å². The number of aromatic nitrogens is 1. The molecule has 1 atom stereocenters. The average Bonchev–Trinajstić information content (AvgIpc) is 2.67. The summed E-state index contributed by atoms with van der Waals surface area (Å²) in [6, 6.07) is 5.19. The summed E-state index contributed by atoms with van der Waals surface area (Å²) in [4.78, 5) is 9.88. The van der Waals surface area contributed by atoms with E-state index in [-0.39, 0.29) is 0 Å². The van der Waals surface area contributed by atoms with Gasteiger partial charge in [-0.2, -0.15) is 0 Å². The Hall–Kier alpha value is -1.09. The van der Waals surface area contributed by atoms with Crippen LogP contribution >= 0.6 is 0 Å². The summed E-state index contributed by atoms with van der Waals surface area (Å²) in [6.07, 6.45) is 10.5. The van der Waals surface area contributed by atoms with E-state index in [1.807, 2.05) is 0 Å². The largest absolute Gasteiger partial charge is 0.357 e. The second-order valence-electron chi connectivity index (χ2n) is 9.21. The van der Waals surface area contributed by atoms with Gasteiger partial charge in [-0.3, -0.25) is 0 Å². The van der Waals surface area contributed by atoms with Crippen LogP contribution < -0.4 is 4.90 Å². The lowest BCUT2D eigenvalue weighted by Crippen LogP contribution is -2.40. The van der Waals surface area contributed by atoms with Crippen LogP contribution in [0.4, 0.5) is 5.82 Å². The second kappa shape index (κ2) is 9.21. The minimum atomic E-state index is 0.564. The lowest BCUT2D eigenvalue weighted by atomic mass is 9.85. The number of hydrogen-bond acceptors (Lipinski definition) is 3. The Morgan fingerprint density at radius 1 is 0.962 bits per heavy atom. The fraction of sp³-hybridized carbons (Fsp3) is 0.783. The summed E-state index contributed by atoms with van der Waals surface area (Å²) < 4.78 is 0. The minimum Gasteiger partial charge on any atom is -0.357 e. The highest BCUT2D eigenvalue weighted by molar-refractivity contribution is 5.40. The lowest BCUT2D eigenvalue weighted by molar-refractivity contribution is 0.130. The first-order valence-electron chi connectivity index (χ1n) is 11.0. The first-order chi connectivity index (χ1) is 12.5. The monoisotopic (exact) mass is 357 g/mol. The molecule has 2 aliphatic rings. The van der Waals surface area contributed by atoms with Crippen LogP contribution in [0.25, 0.3) is 0 Å². The Morgan fingerprint density at radius 3 is 2.31 bits per heavy atom. The van der Waals surface area contributed by atoms with E-state index < -0.39 is 0 Å². The standard InChI is InChI=1S/C23H39N3/c1-18(2)22-9-10-23(24-16-22)25-14-11-20(12-15-25)7-8-21-6-5-13-26(17-21)19(3)4/h9-10,16,18-21H,5-8,11-15,17H2,1-4H3/t21-/m1/s1. The molecule has 0 saturated carbocycles. The molecule has 2 fully saturated rings. The summed E-state index contributed by atoms with van der Waals surface area (Å²) in [5, 5.41) is 0. The van der Waals surface area contributed by atoms with E-state index in [4.69, 9.17) is 4.98 Å². The van der Waals surface area contributed by atoms with Crippen molar-refractivity contribution < 1.29 is 0 Å². The molecule has 2 saturated heterocycles. The predicted molar refractivity (Wildman–Crippen MR) is 112 cm³/mol. The average molecular weight is 358 g/mol. The third kappa shape index (κ3) is 5.22. The molecule has 0 unspecified atom stereocenters. The third-order valence-electron chi connectivity index (χ3n) is 6.64. The summed E-state index contributed by atoms with van der Waals surface area (Å²) in [6.45, 7) is 14.2. The summed E-state index contributed by atoms with van der Waals surface area (Å²) >= 11 is 0. The Morgan fingerprint density at radius 2 is 1.69 bits per heavy atom. The van der Waals surface area contributed by atoms with Gasteiger partial charge in [-0.1, -0.05) is 26.3 Å². The number of pyridine rings is 1. The maximum absolute atomic E-state index is 4.71. The van der Waals surface area contributed by atoms with Gasteiger partial charge in [-0.15, -0.1) is 0 Å². The molecule has 3 heteroatoms. The number of rotatable bonds is 6. The van der Waals surface area contributed by atoms with Crippen molar-refractivity contribution in [2.24, 2.45) is 11.8 Å². The first-order valence-corrected chi connectivity index (χ1v) is 11.0. The molecule has 1 aromatic heterocycles. The van der Waals surface area contributed by atoms with Crippen LogP contribution in [-0.2, 0) is 0 Å². The molecule has 0 radical (unpaired) electrons. The van der Waals surface area contributed by atoms with Crippen LogP contribution in [0, 0.1) is 11.8 Å². The van der Waals surface area contributed by atoms with E-state index in [0.29, 0.717) is 5.92 Å². The molecule has 0 spiro atoms. The molecule has 0 N–H and O–H groups in total. The van der Waals surface area contributed by atoms with Crippen molar-refractivity contribution >= 4 is 5.82 Å². The van der Waals surface area contributed by atoms with Crippen LogP contribution in [0.15, 0.2) is 18.3 Å². The zero-order chi connectivity index (χ0) is 18.5. The van der Waals surface area contributed by atoms with Crippen molar-refractivity contribution in [2.45, 2.75) is 78.2 Å². The van der Waals surface area contributed by atoms with Crippen LogP contribution in [0.5, 0.6) is 0 Å².